The zero-order chi connectivity index (χ0) is 14.2. The Labute approximate surface area is 103 Å². The van der Waals surface area contributed by atoms with Gasteiger partial charge in [0.25, 0.3) is 0 Å². The van der Waals surface area contributed by atoms with Crippen molar-refractivity contribution >= 4 is 11.9 Å². The average molecular weight is 244 g/mol. The highest BCUT2D eigenvalue weighted by molar-refractivity contribution is 5.89. The molecular formula is C12H24N2O3. The summed E-state index contributed by atoms with van der Waals surface area (Å²) in [6.45, 7) is 9.95. The summed E-state index contributed by atoms with van der Waals surface area (Å²) in [5.74, 6) is -1.32. The Hall–Kier alpha value is -1.10. The van der Waals surface area contributed by atoms with Crippen LogP contribution < -0.4 is 5.73 Å². The third kappa shape index (κ3) is 2.77. The molecule has 0 fully saturated rings. The molecule has 0 saturated carbocycles. The van der Waals surface area contributed by atoms with E-state index in [0.717, 1.165) is 0 Å². The van der Waals surface area contributed by atoms with Crippen molar-refractivity contribution in [1.82, 2.24) is 4.90 Å². The lowest BCUT2D eigenvalue weighted by atomic mass is 9.73. The van der Waals surface area contributed by atoms with E-state index in [0.29, 0.717) is 0 Å². The molecule has 17 heavy (non-hydrogen) atoms. The first kappa shape index (κ1) is 15.9. The fourth-order valence-electron chi connectivity index (χ4n) is 1.09. The molecule has 0 aliphatic heterocycles. The number of likely N-dealkylation sites (N-methyl/N-ethyl adjacent to an activating group) is 1. The summed E-state index contributed by atoms with van der Waals surface area (Å²) in [5, 5.41) is 9.10. The van der Waals surface area contributed by atoms with E-state index in [-0.39, 0.29) is 5.91 Å². The van der Waals surface area contributed by atoms with Gasteiger partial charge in [0.1, 0.15) is 5.54 Å². The third-order valence-electron chi connectivity index (χ3n) is 3.81. The van der Waals surface area contributed by atoms with Crippen LogP contribution in [0.3, 0.4) is 0 Å². The van der Waals surface area contributed by atoms with Crippen LogP contribution in [0.2, 0.25) is 0 Å². The van der Waals surface area contributed by atoms with E-state index in [4.69, 9.17) is 10.8 Å². The lowest BCUT2D eigenvalue weighted by Gasteiger charge is -2.43. The number of nitrogens with two attached hydrogens (primary N) is 1. The Morgan fingerprint density at radius 3 is 1.65 bits per heavy atom. The summed E-state index contributed by atoms with van der Waals surface area (Å²) in [7, 11) is 1.49. The molecule has 0 aliphatic rings. The Morgan fingerprint density at radius 1 is 1.06 bits per heavy atom. The summed E-state index contributed by atoms with van der Waals surface area (Å²) in [6, 6.07) is 0. The van der Waals surface area contributed by atoms with Crippen molar-refractivity contribution in [3.63, 3.8) is 0 Å². The van der Waals surface area contributed by atoms with Crippen molar-refractivity contribution < 1.29 is 14.7 Å². The molecule has 0 aliphatic carbocycles. The van der Waals surface area contributed by atoms with Gasteiger partial charge >= 0.3 is 5.97 Å². The number of nitrogens with zero attached hydrogens (tertiary/aromatic N) is 1. The number of carboxylic acid groups (broad SMARTS) is 1. The molecule has 0 aromatic carbocycles. The van der Waals surface area contributed by atoms with Gasteiger partial charge in [-0.05, 0) is 41.5 Å². The predicted octanol–water partition coefficient (Wildman–Crippen LogP) is 1.07. The molecule has 100 valence electrons. The first-order valence-electron chi connectivity index (χ1n) is 5.56. The summed E-state index contributed by atoms with van der Waals surface area (Å²) < 4.78 is 0. The van der Waals surface area contributed by atoms with E-state index < -0.39 is 22.5 Å². The maximum Gasteiger partial charge on any atom is 0.329 e. The largest absolute Gasteiger partial charge is 0.480 e. The van der Waals surface area contributed by atoms with Crippen molar-refractivity contribution in [2.45, 2.75) is 52.6 Å². The fraction of sp³-hybridized carbons (Fsp3) is 0.833. The van der Waals surface area contributed by atoms with Crippen LogP contribution >= 0.6 is 0 Å². The van der Waals surface area contributed by atoms with Gasteiger partial charge in [0, 0.05) is 12.6 Å². The van der Waals surface area contributed by atoms with Crippen LogP contribution in [0.1, 0.15) is 41.5 Å². The van der Waals surface area contributed by atoms with Crippen molar-refractivity contribution in [3.05, 3.63) is 0 Å². The van der Waals surface area contributed by atoms with Crippen LogP contribution in [-0.4, -0.2) is 40.0 Å². The van der Waals surface area contributed by atoms with E-state index >= 15 is 0 Å². The zero-order valence-corrected chi connectivity index (χ0v) is 11.8. The number of carbonyl (C=O) groups is 2. The van der Waals surface area contributed by atoms with Crippen LogP contribution in [0.15, 0.2) is 0 Å². The van der Waals surface area contributed by atoms with Gasteiger partial charge in [-0.3, -0.25) is 4.79 Å². The number of amides is 1. The molecule has 3 N–H and O–H groups in total. The molecule has 0 aromatic rings. The highest BCUT2D eigenvalue weighted by Gasteiger charge is 2.46. The van der Waals surface area contributed by atoms with Crippen LogP contribution in [0.4, 0.5) is 0 Å². The molecule has 5 heteroatoms. The molecule has 5 nitrogen and oxygen atoms in total. The fourth-order valence-corrected chi connectivity index (χ4v) is 1.09. The Kier molecular flexibility index (Phi) is 4.01. The van der Waals surface area contributed by atoms with E-state index in [1.165, 1.54) is 25.8 Å². The third-order valence-corrected chi connectivity index (χ3v) is 3.81. The molecule has 0 spiro atoms. The Bertz CT molecular complexity index is 327. The number of carboxylic acids is 1. The quantitative estimate of drug-likeness (QED) is 0.775. The number of hydrogen-bond acceptors (Lipinski definition) is 3. The smallest absolute Gasteiger partial charge is 0.329 e. The summed E-state index contributed by atoms with van der Waals surface area (Å²) in [6.07, 6.45) is 0. The molecule has 1 amide bonds. The van der Waals surface area contributed by atoms with Crippen molar-refractivity contribution in [1.29, 1.82) is 0 Å². The second-order valence-electron chi connectivity index (χ2n) is 6.08. The molecule has 0 unspecified atom stereocenters. The molecule has 0 radical (unpaired) electrons. The van der Waals surface area contributed by atoms with Gasteiger partial charge in [-0.25, -0.2) is 4.79 Å². The highest BCUT2D eigenvalue weighted by atomic mass is 16.4. The molecule has 0 aromatic heterocycles. The molecule has 0 saturated heterocycles. The second-order valence-corrected chi connectivity index (χ2v) is 6.08. The average Bonchev–Trinajstić information content (AvgIpc) is 2.13. The van der Waals surface area contributed by atoms with Gasteiger partial charge in [0.2, 0.25) is 5.91 Å². The van der Waals surface area contributed by atoms with Crippen LogP contribution in [0, 0.1) is 5.41 Å². The molecule has 0 bridgehead atoms. The number of carbonyl (C=O) groups excluding carboxylic acids is 1. The number of aliphatic carboxylic acids is 1. The van der Waals surface area contributed by atoms with E-state index in [9.17, 15) is 9.59 Å². The normalized spacial score (nSPS) is 13.4. The van der Waals surface area contributed by atoms with Crippen molar-refractivity contribution in [2.24, 2.45) is 11.1 Å². The molecular weight excluding hydrogens is 220 g/mol. The minimum Gasteiger partial charge on any atom is -0.480 e. The zero-order valence-electron chi connectivity index (χ0n) is 11.8. The minimum atomic E-state index is -1.25. The maximum atomic E-state index is 12.3. The monoisotopic (exact) mass is 244 g/mol. The highest BCUT2D eigenvalue weighted by Crippen LogP contribution is 2.32. The van der Waals surface area contributed by atoms with Gasteiger partial charge in [-0.1, -0.05) is 0 Å². The lowest BCUT2D eigenvalue weighted by molar-refractivity contribution is -0.160. The van der Waals surface area contributed by atoms with Gasteiger partial charge in [0.05, 0.1) is 5.41 Å². The van der Waals surface area contributed by atoms with E-state index in [1.54, 1.807) is 27.7 Å². The van der Waals surface area contributed by atoms with Gasteiger partial charge in [0.15, 0.2) is 0 Å². The molecule has 0 rings (SSSR count). The number of hydrogen-bond donors (Lipinski definition) is 2. The number of rotatable bonds is 4. The van der Waals surface area contributed by atoms with Gasteiger partial charge in [-0.15, -0.1) is 0 Å². The predicted molar refractivity (Wildman–Crippen MR) is 66.5 cm³/mol. The first-order chi connectivity index (χ1) is 7.26. The summed E-state index contributed by atoms with van der Waals surface area (Å²) in [4.78, 5) is 24.7. The Morgan fingerprint density at radius 2 is 1.41 bits per heavy atom. The van der Waals surface area contributed by atoms with Crippen LogP contribution in [0.25, 0.3) is 0 Å². The van der Waals surface area contributed by atoms with Gasteiger partial charge < -0.3 is 15.7 Å². The second kappa shape index (κ2) is 4.29. The topological polar surface area (TPSA) is 83.6 Å². The standard InChI is InChI=1S/C12H24N2O3/c1-10(2,12(5,6)13)8(15)14(7)11(3,4)9(16)17/h13H2,1-7H3,(H,16,17). The summed E-state index contributed by atoms with van der Waals surface area (Å²) >= 11 is 0. The lowest BCUT2D eigenvalue weighted by Crippen LogP contribution is -2.61. The first-order valence-corrected chi connectivity index (χ1v) is 5.56. The van der Waals surface area contributed by atoms with Crippen molar-refractivity contribution in [2.75, 3.05) is 7.05 Å². The summed E-state index contributed by atoms with van der Waals surface area (Å²) in [5.41, 5.74) is 3.16. The van der Waals surface area contributed by atoms with Gasteiger partial charge in [-0.2, -0.15) is 0 Å². The minimum absolute atomic E-state index is 0.280. The van der Waals surface area contributed by atoms with Crippen LogP contribution in [-0.2, 0) is 9.59 Å². The molecule has 0 atom stereocenters. The van der Waals surface area contributed by atoms with Crippen LogP contribution in [0.5, 0.6) is 0 Å². The maximum absolute atomic E-state index is 12.3. The Balaban J connectivity index is 5.29. The molecule has 0 heterocycles. The van der Waals surface area contributed by atoms with E-state index in [1.807, 2.05) is 0 Å². The SMILES string of the molecule is CN(C(=O)C(C)(C)C(C)(C)N)C(C)(C)C(=O)O. The van der Waals surface area contributed by atoms with Crippen molar-refractivity contribution in [3.8, 4) is 0 Å². The van der Waals surface area contributed by atoms with E-state index in [2.05, 4.69) is 0 Å².